The molecule has 0 aromatic heterocycles. The van der Waals surface area contributed by atoms with E-state index >= 15 is 0 Å². The molecule has 2 saturated carbocycles. The van der Waals surface area contributed by atoms with Gasteiger partial charge in [-0.15, -0.1) is 0 Å². The summed E-state index contributed by atoms with van der Waals surface area (Å²) in [6.45, 7) is 2.02. The molecule has 5 heteroatoms. The fraction of sp³-hybridized carbons (Fsp3) is 0.481. The SMILES string of the molecule is CC1(C(=O)O)CC2(CCCCC2)CC1NC(=O)OCC1c2ccccc2-c2ccccc21. The zero-order valence-corrected chi connectivity index (χ0v) is 18.6. The Bertz CT molecular complexity index is 996. The molecule has 2 atom stereocenters. The Morgan fingerprint density at radius 2 is 1.59 bits per heavy atom. The van der Waals surface area contributed by atoms with Crippen molar-refractivity contribution < 1.29 is 19.4 Å². The van der Waals surface area contributed by atoms with Gasteiger partial charge >= 0.3 is 12.1 Å². The minimum Gasteiger partial charge on any atom is -0.481 e. The van der Waals surface area contributed by atoms with E-state index in [1.54, 1.807) is 6.92 Å². The van der Waals surface area contributed by atoms with Crippen LogP contribution in [-0.4, -0.2) is 29.8 Å². The van der Waals surface area contributed by atoms with Gasteiger partial charge in [-0.2, -0.15) is 0 Å². The van der Waals surface area contributed by atoms with Crippen LogP contribution in [0.2, 0.25) is 0 Å². The van der Waals surface area contributed by atoms with Gasteiger partial charge in [-0.3, -0.25) is 4.79 Å². The van der Waals surface area contributed by atoms with Crippen molar-refractivity contribution in [2.24, 2.45) is 10.8 Å². The number of carbonyl (C=O) groups excluding carboxylic acids is 1. The molecular formula is C27H31NO4. The summed E-state index contributed by atoms with van der Waals surface area (Å²) in [5.74, 6) is -0.837. The quantitative estimate of drug-likeness (QED) is 0.646. The summed E-state index contributed by atoms with van der Waals surface area (Å²) in [7, 11) is 0. The molecular weight excluding hydrogens is 402 g/mol. The van der Waals surface area contributed by atoms with Gasteiger partial charge in [0.05, 0.1) is 5.41 Å². The monoisotopic (exact) mass is 433 g/mol. The smallest absolute Gasteiger partial charge is 0.407 e. The lowest BCUT2D eigenvalue weighted by molar-refractivity contribution is -0.149. The van der Waals surface area contributed by atoms with E-state index in [0.29, 0.717) is 6.42 Å². The number of carboxylic acids is 1. The minimum atomic E-state index is -0.955. The molecule has 168 valence electrons. The molecule has 3 aliphatic carbocycles. The first-order valence-corrected chi connectivity index (χ1v) is 11.8. The lowest BCUT2D eigenvalue weighted by Gasteiger charge is -2.34. The molecule has 2 unspecified atom stereocenters. The molecule has 0 radical (unpaired) electrons. The van der Waals surface area contributed by atoms with E-state index in [1.165, 1.54) is 28.7 Å². The highest BCUT2D eigenvalue weighted by Gasteiger charge is 2.56. The van der Waals surface area contributed by atoms with Gasteiger partial charge in [-0.25, -0.2) is 4.79 Å². The summed E-state index contributed by atoms with van der Waals surface area (Å²) in [4.78, 5) is 25.0. The number of nitrogens with one attached hydrogen (secondary N) is 1. The average Bonchev–Trinajstić information content (AvgIpc) is 3.25. The van der Waals surface area contributed by atoms with Crippen molar-refractivity contribution in [1.29, 1.82) is 0 Å². The maximum atomic E-state index is 12.8. The van der Waals surface area contributed by atoms with Gasteiger partial charge in [0.25, 0.3) is 0 Å². The maximum absolute atomic E-state index is 12.8. The van der Waals surface area contributed by atoms with Crippen molar-refractivity contribution in [3.05, 3.63) is 59.7 Å². The molecule has 0 bridgehead atoms. The van der Waals surface area contributed by atoms with E-state index in [9.17, 15) is 14.7 Å². The topological polar surface area (TPSA) is 75.6 Å². The Balaban J connectivity index is 1.29. The minimum absolute atomic E-state index is 0.00716. The summed E-state index contributed by atoms with van der Waals surface area (Å²) < 4.78 is 5.71. The molecule has 5 rings (SSSR count). The summed E-state index contributed by atoms with van der Waals surface area (Å²) in [5.41, 5.74) is 3.78. The van der Waals surface area contributed by atoms with E-state index in [2.05, 4.69) is 29.6 Å². The number of fused-ring (bicyclic) bond motifs is 3. The first-order chi connectivity index (χ1) is 15.4. The zero-order chi connectivity index (χ0) is 22.3. The molecule has 2 aromatic rings. The highest BCUT2D eigenvalue weighted by molar-refractivity contribution is 5.80. The maximum Gasteiger partial charge on any atom is 0.407 e. The molecule has 1 amide bonds. The van der Waals surface area contributed by atoms with Crippen LogP contribution in [0, 0.1) is 10.8 Å². The zero-order valence-electron chi connectivity index (χ0n) is 18.6. The van der Waals surface area contributed by atoms with Gasteiger partial charge in [-0.1, -0.05) is 67.8 Å². The second kappa shape index (κ2) is 7.95. The van der Waals surface area contributed by atoms with Crippen LogP contribution in [0.3, 0.4) is 0 Å². The Morgan fingerprint density at radius 3 is 2.19 bits per heavy atom. The highest BCUT2D eigenvalue weighted by Crippen LogP contribution is 2.56. The first kappa shape index (κ1) is 21.0. The predicted octanol–water partition coefficient (Wildman–Crippen LogP) is 5.73. The number of carboxylic acid groups (broad SMARTS) is 1. The molecule has 2 fully saturated rings. The van der Waals surface area contributed by atoms with E-state index in [0.717, 1.165) is 32.1 Å². The lowest BCUT2D eigenvalue weighted by atomic mass is 9.71. The Labute approximate surface area is 189 Å². The second-order valence-electron chi connectivity index (χ2n) is 10.2. The normalized spacial score (nSPS) is 25.8. The number of benzene rings is 2. The van der Waals surface area contributed by atoms with Crippen LogP contribution < -0.4 is 5.32 Å². The number of ether oxygens (including phenoxy) is 1. The van der Waals surface area contributed by atoms with E-state index in [-0.39, 0.29) is 17.9 Å². The van der Waals surface area contributed by atoms with Crippen LogP contribution in [0.25, 0.3) is 11.1 Å². The van der Waals surface area contributed by atoms with Crippen molar-refractivity contribution in [3.63, 3.8) is 0 Å². The molecule has 0 saturated heterocycles. The van der Waals surface area contributed by atoms with Crippen molar-refractivity contribution in [2.45, 2.75) is 63.8 Å². The van der Waals surface area contributed by atoms with E-state index in [1.807, 2.05) is 24.3 Å². The fourth-order valence-electron chi connectivity index (χ4n) is 6.53. The van der Waals surface area contributed by atoms with Gasteiger partial charge in [0.2, 0.25) is 0 Å². The summed E-state index contributed by atoms with van der Waals surface area (Å²) >= 11 is 0. The molecule has 2 aromatic carbocycles. The number of aliphatic carboxylic acids is 1. The fourth-order valence-corrected chi connectivity index (χ4v) is 6.53. The Hall–Kier alpha value is -2.82. The number of hydrogen-bond acceptors (Lipinski definition) is 3. The third-order valence-electron chi connectivity index (χ3n) is 8.19. The molecule has 0 heterocycles. The van der Waals surface area contributed by atoms with Crippen LogP contribution in [0.4, 0.5) is 4.79 Å². The Kier molecular flexibility index (Phi) is 5.23. The summed E-state index contributed by atoms with van der Waals surface area (Å²) in [5, 5.41) is 13.0. The third-order valence-corrected chi connectivity index (χ3v) is 8.19. The third kappa shape index (κ3) is 3.48. The summed E-state index contributed by atoms with van der Waals surface area (Å²) in [6.07, 6.45) is 6.45. The van der Waals surface area contributed by atoms with Gasteiger partial charge in [0, 0.05) is 12.0 Å². The second-order valence-corrected chi connectivity index (χ2v) is 10.2. The van der Waals surface area contributed by atoms with Crippen LogP contribution in [0.15, 0.2) is 48.5 Å². The van der Waals surface area contributed by atoms with Crippen molar-refractivity contribution in [3.8, 4) is 11.1 Å². The predicted molar refractivity (Wildman–Crippen MR) is 122 cm³/mol. The van der Waals surface area contributed by atoms with Crippen LogP contribution in [-0.2, 0) is 9.53 Å². The molecule has 0 aliphatic heterocycles. The number of amides is 1. The van der Waals surface area contributed by atoms with Gasteiger partial charge in [0.15, 0.2) is 0 Å². The van der Waals surface area contributed by atoms with Crippen molar-refractivity contribution in [2.75, 3.05) is 6.61 Å². The van der Waals surface area contributed by atoms with Crippen LogP contribution in [0.5, 0.6) is 0 Å². The number of alkyl carbamates (subject to hydrolysis) is 1. The van der Waals surface area contributed by atoms with Crippen molar-refractivity contribution in [1.82, 2.24) is 5.32 Å². The summed E-state index contributed by atoms with van der Waals surface area (Å²) in [6, 6.07) is 16.1. The molecule has 5 nitrogen and oxygen atoms in total. The van der Waals surface area contributed by atoms with Crippen LogP contribution >= 0.6 is 0 Å². The lowest BCUT2D eigenvalue weighted by Crippen LogP contribution is -2.47. The number of hydrogen-bond donors (Lipinski definition) is 2. The number of rotatable bonds is 4. The van der Waals surface area contributed by atoms with Gasteiger partial charge < -0.3 is 15.2 Å². The van der Waals surface area contributed by atoms with E-state index < -0.39 is 23.5 Å². The number of carbonyl (C=O) groups is 2. The molecule has 1 spiro atoms. The molecule has 3 aliphatic rings. The van der Waals surface area contributed by atoms with Crippen LogP contribution in [0.1, 0.15) is 68.9 Å². The largest absolute Gasteiger partial charge is 0.481 e. The Morgan fingerprint density at radius 1 is 1.00 bits per heavy atom. The highest BCUT2D eigenvalue weighted by atomic mass is 16.5. The van der Waals surface area contributed by atoms with Gasteiger partial charge in [-0.05, 0) is 60.3 Å². The standard InChI is InChI=1S/C27H31NO4/c1-26(24(29)30)17-27(13-7-2-8-14-27)15-23(26)28-25(31)32-16-22-20-11-5-3-9-18(20)19-10-4-6-12-21(19)22/h3-6,9-12,22-23H,2,7-8,13-17H2,1H3,(H,28,31)(H,29,30). The van der Waals surface area contributed by atoms with Crippen molar-refractivity contribution >= 4 is 12.1 Å². The average molecular weight is 434 g/mol. The van der Waals surface area contributed by atoms with E-state index in [4.69, 9.17) is 4.74 Å². The van der Waals surface area contributed by atoms with Gasteiger partial charge in [0.1, 0.15) is 6.61 Å². The first-order valence-electron chi connectivity index (χ1n) is 11.8. The molecule has 32 heavy (non-hydrogen) atoms. The molecule has 2 N–H and O–H groups in total.